The van der Waals surface area contributed by atoms with E-state index in [0.717, 1.165) is 18.2 Å². The lowest BCUT2D eigenvalue weighted by atomic mass is 9.92. The van der Waals surface area contributed by atoms with Gasteiger partial charge in [0, 0.05) is 38.4 Å². The van der Waals surface area contributed by atoms with Crippen LogP contribution < -0.4 is 0 Å². The molecule has 1 saturated heterocycles. The van der Waals surface area contributed by atoms with Crippen LogP contribution in [0.5, 0.6) is 0 Å². The highest BCUT2D eigenvalue weighted by molar-refractivity contribution is 5.73. The average Bonchev–Trinajstić information content (AvgIpc) is 2.48. The molecule has 0 atom stereocenters. The number of nitrogens with zero attached hydrogens (tertiary/aromatic N) is 1. The molecule has 0 bridgehead atoms. The first-order valence-electron chi connectivity index (χ1n) is 6.77. The van der Waals surface area contributed by atoms with Crippen molar-refractivity contribution >= 4 is 5.91 Å². The minimum Gasteiger partial charge on any atom is -0.357 e. The maximum atomic E-state index is 13.6. The molecule has 0 saturated carbocycles. The quantitative estimate of drug-likeness (QED) is 0.801. The van der Waals surface area contributed by atoms with Crippen LogP contribution in [0.25, 0.3) is 0 Å². The van der Waals surface area contributed by atoms with Gasteiger partial charge in [0.2, 0.25) is 5.91 Å². The first-order chi connectivity index (χ1) is 9.96. The number of amides is 1. The summed E-state index contributed by atoms with van der Waals surface area (Å²) < 4.78 is 32.4. The number of rotatable bonds is 3. The van der Waals surface area contributed by atoms with E-state index in [0.29, 0.717) is 25.9 Å². The Labute approximate surface area is 122 Å². The second-order valence-corrected chi connectivity index (χ2v) is 5.17. The van der Waals surface area contributed by atoms with E-state index in [2.05, 4.69) is 5.92 Å². The van der Waals surface area contributed by atoms with Gasteiger partial charge in [0.05, 0.1) is 6.61 Å². The minimum atomic E-state index is -0.829. The summed E-state index contributed by atoms with van der Waals surface area (Å²) in [5.74, 6) is 1.56. The number of piperidine rings is 1. The van der Waals surface area contributed by atoms with E-state index in [1.54, 1.807) is 4.90 Å². The Morgan fingerprint density at radius 3 is 2.67 bits per heavy atom. The molecule has 1 heterocycles. The first-order valence-corrected chi connectivity index (χ1v) is 6.77. The smallest absolute Gasteiger partial charge is 0.219 e. The molecule has 2 rings (SSSR count). The van der Waals surface area contributed by atoms with E-state index >= 15 is 0 Å². The number of terminal acetylenes is 1. The van der Waals surface area contributed by atoms with Crippen LogP contribution >= 0.6 is 0 Å². The van der Waals surface area contributed by atoms with Crippen molar-refractivity contribution in [3.05, 3.63) is 35.4 Å². The molecule has 0 aliphatic carbocycles. The molecule has 0 aromatic heterocycles. The van der Waals surface area contributed by atoms with E-state index < -0.39 is 17.2 Å². The lowest BCUT2D eigenvalue weighted by molar-refractivity contribution is -0.133. The molecule has 1 amide bonds. The molecule has 21 heavy (non-hydrogen) atoms. The summed E-state index contributed by atoms with van der Waals surface area (Å²) in [6.07, 6.45) is 6.52. The maximum Gasteiger partial charge on any atom is 0.219 e. The van der Waals surface area contributed by atoms with E-state index in [4.69, 9.17) is 11.2 Å². The number of benzene rings is 1. The number of carbonyl (C=O) groups excluding carboxylic acids is 1. The number of ether oxygens (including phenoxy) is 1. The van der Waals surface area contributed by atoms with Crippen LogP contribution in [0.1, 0.15) is 25.3 Å². The van der Waals surface area contributed by atoms with Gasteiger partial charge in [-0.05, 0) is 18.2 Å². The molecule has 1 aromatic rings. The largest absolute Gasteiger partial charge is 0.357 e. The molecular weight excluding hydrogens is 276 g/mol. The third kappa shape index (κ3) is 3.59. The zero-order valence-corrected chi connectivity index (χ0v) is 11.9. The van der Waals surface area contributed by atoms with Crippen LogP contribution in [-0.2, 0) is 16.1 Å². The fourth-order valence-corrected chi connectivity index (χ4v) is 2.38. The molecule has 0 N–H and O–H groups in total. The van der Waals surface area contributed by atoms with Crippen molar-refractivity contribution in [1.29, 1.82) is 0 Å². The fourth-order valence-electron chi connectivity index (χ4n) is 2.38. The maximum absolute atomic E-state index is 13.6. The van der Waals surface area contributed by atoms with Crippen LogP contribution in [0.2, 0.25) is 0 Å². The molecule has 112 valence electrons. The Morgan fingerprint density at radius 2 is 2.10 bits per heavy atom. The van der Waals surface area contributed by atoms with Crippen molar-refractivity contribution in [2.24, 2.45) is 0 Å². The van der Waals surface area contributed by atoms with Crippen molar-refractivity contribution in [1.82, 2.24) is 4.90 Å². The summed E-state index contributed by atoms with van der Waals surface area (Å²) in [6.45, 7) is 2.43. The number of likely N-dealkylation sites (tertiary alicyclic amines) is 1. The molecule has 5 heteroatoms. The Balaban J connectivity index is 2.02. The number of hydrogen-bond donors (Lipinski definition) is 0. The Kier molecular flexibility index (Phi) is 4.59. The Hall–Kier alpha value is -1.93. The van der Waals surface area contributed by atoms with Gasteiger partial charge >= 0.3 is 0 Å². The third-order valence-corrected chi connectivity index (χ3v) is 3.79. The van der Waals surface area contributed by atoms with Crippen molar-refractivity contribution in [2.75, 3.05) is 13.1 Å². The van der Waals surface area contributed by atoms with Gasteiger partial charge in [-0.15, -0.1) is 6.42 Å². The third-order valence-electron chi connectivity index (χ3n) is 3.79. The summed E-state index contributed by atoms with van der Waals surface area (Å²) in [4.78, 5) is 13.0. The standard InChI is InChI=1S/C16H17F2NO2/c1-3-16(6-8-19(9-7-16)12(2)20)21-11-13-10-14(17)4-5-15(13)18/h1,4-5,10H,6-9,11H2,2H3. The molecule has 1 aromatic carbocycles. The SMILES string of the molecule is C#CC1(OCc2cc(F)ccc2F)CCN(C(C)=O)CC1. The van der Waals surface area contributed by atoms with E-state index in [-0.39, 0.29) is 18.1 Å². The highest BCUT2D eigenvalue weighted by Crippen LogP contribution is 2.27. The zero-order chi connectivity index (χ0) is 15.5. The number of halogens is 2. The molecule has 1 aliphatic rings. The lowest BCUT2D eigenvalue weighted by Crippen LogP contribution is -2.46. The van der Waals surface area contributed by atoms with Crippen molar-refractivity contribution in [2.45, 2.75) is 32.0 Å². The Morgan fingerprint density at radius 1 is 1.43 bits per heavy atom. The molecule has 0 unspecified atom stereocenters. The molecule has 1 aliphatic heterocycles. The van der Waals surface area contributed by atoms with Gasteiger partial charge in [-0.2, -0.15) is 0 Å². The molecule has 0 spiro atoms. The summed E-state index contributed by atoms with van der Waals surface area (Å²) >= 11 is 0. The van der Waals surface area contributed by atoms with Gasteiger partial charge in [-0.25, -0.2) is 8.78 Å². The summed E-state index contributed by atoms with van der Waals surface area (Å²) in [5, 5.41) is 0. The fraction of sp³-hybridized carbons (Fsp3) is 0.438. The second kappa shape index (κ2) is 6.23. The average molecular weight is 293 g/mol. The number of carbonyl (C=O) groups is 1. The Bertz CT molecular complexity index is 572. The van der Waals surface area contributed by atoms with Gasteiger partial charge in [0.25, 0.3) is 0 Å². The molecular formula is C16H17F2NO2. The van der Waals surface area contributed by atoms with Gasteiger partial charge in [0.15, 0.2) is 0 Å². The molecule has 0 radical (unpaired) electrons. The lowest BCUT2D eigenvalue weighted by Gasteiger charge is -2.38. The van der Waals surface area contributed by atoms with Crippen molar-refractivity contribution in [3.8, 4) is 12.3 Å². The monoisotopic (exact) mass is 293 g/mol. The van der Waals surface area contributed by atoms with Crippen LogP contribution in [0.4, 0.5) is 8.78 Å². The van der Waals surface area contributed by atoms with Gasteiger partial charge in [0.1, 0.15) is 17.2 Å². The summed E-state index contributed by atoms with van der Waals surface area (Å²) in [5.41, 5.74) is -0.691. The van der Waals surface area contributed by atoms with Crippen LogP contribution in [0.15, 0.2) is 18.2 Å². The highest BCUT2D eigenvalue weighted by atomic mass is 19.1. The van der Waals surface area contributed by atoms with Gasteiger partial charge in [-0.1, -0.05) is 5.92 Å². The molecule has 3 nitrogen and oxygen atoms in total. The van der Waals surface area contributed by atoms with Crippen molar-refractivity contribution < 1.29 is 18.3 Å². The number of hydrogen-bond acceptors (Lipinski definition) is 2. The predicted octanol–water partition coefficient (Wildman–Crippen LogP) is 2.50. The first kappa shape index (κ1) is 15.5. The minimum absolute atomic E-state index is 0.00297. The van der Waals surface area contributed by atoms with E-state index in [1.807, 2.05) is 0 Å². The zero-order valence-electron chi connectivity index (χ0n) is 11.9. The van der Waals surface area contributed by atoms with Crippen LogP contribution in [0, 0.1) is 24.0 Å². The van der Waals surface area contributed by atoms with E-state index in [1.165, 1.54) is 6.92 Å². The highest BCUT2D eigenvalue weighted by Gasteiger charge is 2.34. The van der Waals surface area contributed by atoms with Gasteiger partial charge < -0.3 is 9.64 Å². The van der Waals surface area contributed by atoms with Gasteiger partial charge in [-0.3, -0.25) is 4.79 Å². The van der Waals surface area contributed by atoms with E-state index in [9.17, 15) is 13.6 Å². The topological polar surface area (TPSA) is 29.5 Å². The van der Waals surface area contributed by atoms with Crippen molar-refractivity contribution in [3.63, 3.8) is 0 Å². The summed E-state index contributed by atoms with van der Waals surface area (Å²) in [6, 6.07) is 3.22. The van der Waals surface area contributed by atoms with Crippen LogP contribution in [0.3, 0.4) is 0 Å². The van der Waals surface area contributed by atoms with Crippen LogP contribution in [-0.4, -0.2) is 29.5 Å². The predicted molar refractivity (Wildman–Crippen MR) is 74.2 cm³/mol. The normalized spacial score (nSPS) is 17.3. The second-order valence-electron chi connectivity index (χ2n) is 5.17. The molecule has 1 fully saturated rings. The summed E-state index contributed by atoms with van der Waals surface area (Å²) in [7, 11) is 0.